The van der Waals surface area contributed by atoms with Gasteiger partial charge < -0.3 is 10.1 Å². The zero-order valence-corrected chi connectivity index (χ0v) is 12.8. The van der Waals surface area contributed by atoms with Gasteiger partial charge in [-0.15, -0.1) is 0 Å². The molecule has 0 fully saturated rings. The summed E-state index contributed by atoms with van der Waals surface area (Å²) in [7, 11) is 0. The summed E-state index contributed by atoms with van der Waals surface area (Å²) in [6, 6.07) is 13.7. The van der Waals surface area contributed by atoms with Gasteiger partial charge in [0.05, 0.1) is 6.54 Å². The molecule has 3 heteroatoms. The van der Waals surface area contributed by atoms with E-state index in [-0.39, 0.29) is 5.91 Å². The monoisotopic (exact) mass is 283 g/mol. The number of hydrogen-bond acceptors (Lipinski definition) is 2. The Kier molecular flexibility index (Phi) is 4.99. The number of benzene rings is 2. The van der Waals surface area contributed by atoms with E-state index in [0.717, 1.165) is 16.9 Å². The van der Waals surface area contributed by atoms with Crippen molar-refractivity contribution in [3.63, 3.8) is 0 Å². The normalized spacial score (nSPS) is 10.2. The first-order chi connectivity index (χ1) is 10.0. The minimum atomic E-state index is -0.0608. The van der Waals surface area contributed by atoms with Crippen LogP contribution in [0.1, 0.15) is 27.0 Å². The lowest BCUT2D eigenvalue weighted by Crippen LogP contribution is -2.28. The van der Waals surface area contributed by atoms with Crippen LogP contribution in [0.15, 0.2) is 42.5 Å². The number of amides is 1. The molecule has 0 aliphatic carbocycles. The number of rotatable bonds is 5. The van der Waals surface area contributed by atoms with Gasteiger partial charge in [0, 0.05) is 5.56 Å². The first kappa shape index (κ1) is 15.1. The molecule has 3 nitrogen and oxygen atoms in total. The van der Waals surface area contributed by atoms with Crippen LogP contribution in [0, 0.1) is 20.8 Å². The SMILES string of the molecule is Cc1ccc(OCCNC(=O)c2cc(C)cc(C)c2)cc1. The molecule has 21 heavy (non-hydrogen) atoms. The molecule has 2 aromatic rings. The van der Waals surface area contributed by atoms with E-state index in [0.29, 0.717) is 18.7 Å². The molecule has 0 aliphatic rings. The topological polar surface area (TPSA) is 38.3 Å². The van der Waals surface area contributed by atoms with Gasteiger partial charge in [-0.05, 0) is 45.0 Å². The minimum Gasteiger partial charge on any atom is -0.492 e. The van der Waals surface area contributed by atoms with Crippen LogP contribution in [-0.4, -0.2) is 19.1 Å². The van der Waals surface area contributed by atoms with Gasteiger partial charge in [-0.2, -0.15) is 0 Å². The molecule has 0 spiro atoms. The van der Waals surface area contributed by atoms with Gasteiger partial charge in [-0.3, -0.25) is 4.79 Å². The molecule has 0 saturated heterocycles. The molecule has 0 aliphatic heterocycles. The van der Waals surface area contributed by atoms with Crippen molar-refractivity contribution >= 4 is 5.91 Å². The highest BCUT2D eigenvalue weighted by Crippen LogP contribution is 2.11. The Morgan fingerprint density at radius 3 is 2.19 bits per heavy atom. The molecule has 2 aromatic carbocycles. The molecule has 1 N–H and O–H groups in total. The second kappa shape index (κ2) is 6.93. The standard InChI is InChI=1S/C18H21NO2/c1-13-4-6-17(7-5-13)21-9-8-19-18(20)16-11-14(2)10-15(3)12-16/h4-7,10-12H,8-9H2,1-3H3,(H,19,20). The van der Waals surface area contributed by atoms with Crippen molar-refractivity contribution in [1.29, 1.82) is 0 Å². The number of hydrogen-bond donors (Lipinski definition) is 1. The molecule has 0 unspecified atom stereocenters. The average molecular weight is 283 g/mol. The fourth-order valence-corrected chi connectivity index (χ4v) is 2.18. The van der Waals surface area contributed by atoms with Crippen molar-refractivity contribution < 1.29 is 9.53 Å². The van der Waals surface area contributed by atoms with E-state index in [4.69, 9.17) is 4.74 Å². The smallest absolute Gasteiger partial charge is 0.251 e. The van der Waals surface area contributed by atoms with Crippen molar-refractivity contribution in [2.75, 3.05) is 13.2 Å². The largest absolute Gasteiger partial charge is 0.492 e. The maximum Gasteiger partial charge on any atom is 0.251 e. The van der Waals surface area contributed by atoms with Gasteiger partial charge in [0.15, 0.2) is 0 Å². The maximum atomic E-state index is 12.0. The van der Waals surface area contributed by atoms with E-state index >= 15 is 0 Å². The number of carbonyl (C=O) groups excluding carboxylic acids is 1. The molecule has 2 rings (SSSR count). The third kappa shape index (κ3) is 4.63. The molecular weight excluding hydrogens is 262 g/mol. The van der Waals surface area contributed by atoms with Crippen LogP contribution in [0.25, 0.3) is 0 Å². The Labute approximate surface area is 126 Å². The van der Waals surface area contributed by atoms with E-state index in [1.807, 2.05) is 57.2 Å². The lowest BCUT2D eigenvalue weighted by molar-refractivity contribution is 0.0947. The summed E-state index contributed by atoms with van der Waals surface area (Å²) in [6.45, 7) is 6.96. The Bertz CT molecular complexity index is 597. The molecule has 110 valence electrons. The molecule has 0 saturated carbocycles. The predicted molar refractivity (Wildman–Crippen MR) is 84.9 cm³/mol. The van der Waals surface area contributed by atoms with Crippen molar-refractivity contribution in [2.24, 2.45) is 0 Å². The number of carbonyl (C=O) groups is 1. The highest BCUT2D eigenvalue weighted by molar-refractivity contribution is 5.94. The Hall–Kier alpha value is -2.29. The number of nitrogens with one attached hydrogen (secondary N) is 1. The molecular formula is C18H21NO2. The van der Waals surface area contributed by atoms with Gasteiger partial charge >= 0.3 is 0 Å². The van der Waals surface area contributed by atoms with E-state index in [2.05, 4.69) is 11.4 Å². The van der Waals surface area contributed by atoms with Crippen LogP contribution in [0.5, 0.6) is 5.75 Å². The van der Waals surface area contributed by atoms with Crippen LogP contribution in [0.4, 0.5) is 0 Å². The van der Waals surface area contributed by atoms with Crippen LogP contribution in [0.2, 0.25) is 0 Å². The first-order valence-corrected chi connectivity index (χ1v) is 7.10. The van der Waals surface area contributed by atoms with Crippen LogP contribution in [0.3, 0.4) is 0 Å². The first-order valence-electron chi connectivity index (χ1n) is 7.10. The Balaban J connectivity index is 1.80. The van der Waals surface area contributed by atoms with E-state index in [1.165, 1.54) is 5.56 Å². The van der Waals surface area contributed by atoms with Gasteiger partial charge in [0.2, 0.25) is 0 Å². The molecule has 0 heterocycles. The summed E-state index contributed by atoms with van der Waals surface area (Å²) in [5, 5.41) is 2.87. The molecule has 0 radical (unpaired) electrons. The van der Waals surface area contributed by atoms with Crippen LogP contribution in [-0.2, 0) is 0 Å². The predicted octanol–water partition coefficient (Wildman–Crippen LogP) is 3.42. The fraction of sp³-hybridized carbons (Fsp3) is 0.278. The third-order valence-corrected chi connectivity index (χ3v) is 3.16. The van der Waals surface area contributed by atoms with E-state index < -0.39 is 0 Å². The van der Waals surface area contributed by atoms with Crippen LogP contribution >= 0.6 is 0 Å². The Morgan fingerprint density at radius 2 is 1.57 bits per heavy atom. The summed E-state index contributed by atoms with van der Waals surface area (Å²) < 4.78 is 5.58. The highest BCUT2D eigenvalue weighted by Gasteiger charge is 2.06. The van der Waals surface area contributed by atoms with Gasteiger partial charge in [0.25, 0.3) is 5.91 Å². The van der Waals surface area contributed by atoms with E-state index in [9.17, 15) is 4.79 Å². The van der Waals surface area contributed by atoms with Crippen molar-refractivity contribution in [3.8, 4) is 5.75 Å². The summed E-state index contributed by atoms with van der Waals surface area (Å²) in [4.78, 5) is 12.0. The second-order valence-electron chi connectivity index (χ2n) is 5.29. The zero-order valence-electron chi connectivity index (χ0n) is 12.8. The van der Waals surface area contributed by atoms with Crippen molar-refractivity contribution in [3.05, 3.63) is 64.7 Å². The lowest BCUT2D eigenvalue weighted by atomic mass is 10.1. The number of aryl methyl sites for hydroxylation is 3. The number of ether oxygens (including phenoxy) is 1. The summed E-state index contributed by atoms with van der Waals surface area (Å²) in [6.07, 6.45) is 0. The summed E-state index contributed by atoms with van der Waals surface area (Å²) in [5.41, 5.74) is 4.08. The lowest BCUT2D eigenvalue weighted by Gasteiger charge is -2.09. The van der Waals surface area contributed by atoms with Gasteiger partial charge in [-0.25, -0.2) is 0 Å². The summed E-state index contributed by atoms with van der Waals surface area (Å²) in [5.74, 6) is 0.760. The quantitative estimate of drug-likeness (QED) is 0.854. The van der Waals surface area contributed by atoms with Crippen LogP contribution < -0.4 is 10.1 Å². The third-order valence-electron chi connectivity index (χ3n) is 3.16. The van der Waals surface area contributed by atoms with E-state index in [1.54, 1.807) is 0 Å². The van der Waals surface area contributed by atoms with Gasteiger partial charge in [0.1, 0.15) is 12.4 Å². The van der Waals surface area contributed by atoms with Gasteiger partial charge in [-0.1, -0.05) is 34.9 Å². The van der Waals surface area contributed by atoms with Crippen molar-refractivity contribution in [1.82, 2.24) is 5.32 Å². The average Bonchev–Trinajstić information content (AvgIpc) is 2.44. The fourth-order valence-electron chi connectivity index (χ4n) is 2.18. The molecule has 0 bridgehead atoms. The summed E-state index contributed by atoms with van der Waals surface area (Å²) >= 11 is 0. The minimum absolute atomic E-state index is 0.0608. The molecule has 1 amide bonds. The molecule has 0 aromatic heterocycles. The molecule has 0 atom stereocenters. The van der Waals surface area contributed by atoms with Crippen molar-refractivity contribution in [2.45, 2.75) is 20.8 Å². The highest BCUT2D eigenvalue weighted by atomic mass is 16.5. The second-order valence-corrected chi connectivity index (χ2v) is 5.29. The Morgan fingerprint density at radius 1 is 0.952 bits per heavy atom. The zero-order chi connectivity index (χ0) is 15.2. The maximum absolute atomic E-state index is 12.0.